The molecule has 0 aromatic heterocycles. The van der Waals surface area contributed by atoms with Crippen LogP contribution >= 0.6 is 0 Å². The highest BCUT2D eigenvalue weighted by Gasteiger charge is 2.32. The van der Waals surface area contributed by atoms with Gasteiger partial charge in [0.1, 0.15) is 11.5 Å². The molecule has 1 aromatic rings. The fraction of sp³-hybridized carbons (Fsp3) is 0.500. The molecule has 0 radical (unpaired) electrons. The molecule has 1 heterocycles. The number of benzene rings is 1. The Labute approximate surface area is 113 Å². The first-order valence-corrected chi connectivity index (χ1v) is 6.24. The minimum Gasteiger partial charge on any atom is -0.496 e. The summed E-state index contributed by atoms with van der Waals surface area (Å²) in [5.41, 5.74) is 3.08. The van der Waals surface area contributed by atoms with E-state index in [1.54, 1.807) is 26.2 Å². The topological polar surface area (TPSA) is 50.8 Å². The maximum atomic E-state index is 11.6. The number of likely N-dealkylation sites (N-methyl/N-ethyl adjacent to an activating group) is 1. The summed E-state index contributed by atoms with van der Waals surface area (Å²) in [4.78, 5) is 13.3. The van der Waals surface area contributed by atoms with Crippen LogP contribution in [0.5, 0.6) is 11.5 Å². The summed E-state index contributed by atoms with van der Waals surface area (Å²) in [5, 5.41) is 2.83. The molecule has 104 valence electrons. The van der Waals surface area contributed by atoms with Crippen LogP contribution in [0.4, 0.5) is 4.79 Å². The van der Waals surface area contributed by atoms with Gasteiger partial charge < -0.3 is 19.7 Å². The Bertz CT molecular complexity index is 514. The van der Waals surface area contributed by atoms with Crippen LogP contribution < -0.4 is 14.8 Å². The number of methoxy groups -OCH3 is 2. The van der Waals surface area contributed by atoms with Gasteiger partial charge in [0.15, 0.2) is 0 Å². The summed E-state index contributed by atoms with van der Waals surface area (Å²) < 4.78 is 10.9. The van der Waals surface area contributed by atoms with Crippen molar-refractivity contribution in [1.29, 1.82) is 0 Å². The van der Waals surface area contributed by atoms with Crippen molar-refractivity contribution in [3.63, 3.8) is 0 Å². The van der Waals surface area contributed by atoms with Crippen LogP contribution in [0.3, 0.4) is 0 Å². The Balaban J connectivity index is 2.56. The summed E-state index contributed by atoms with van der Waals surface area (Å²) in [6.07, 6.45) is 0. The van der Waals surface area contributed by atoms with Crippen molar-refractivity contribution in [1.82, 2.24) is 10.2 Å². The normalized spacial score (nSPS) is 18.5. The molecule has 0 bridgehead atoms. The van der Waals surface area contributed by atoms with Gasteiger partial charge in [-0.1, -0.05) is 0 Å². The third kappa shape index (κ3) is 2.09. The van der Waals surface area contributed by atoms with E-state index >= 15 is 0 Å². The number of hydrogen-bond acceptors (Lipinski definition) is 3. The maximum Gasteiger partial charge on any atom is 0.317 e. The second-order valence-electron chi connectivity index (χ2n) is 4.76. The molecule has 1 aliphatic heterocycles. The Morgan fingerprint density at radius 2 is 1.95 bits per heavy atom. The number of amides is 2. The van der Waals surface area contributed by atoms with E-state index in [0.29, 0.717) is 6.54 Å². The van der Waals surface area contributed by atoms with Crippen molar-refractivity contribution in [2.24, 2.45) is 0 Å². The van der Waals surface area contributed by atoms with Crippen molar-refractivity contribution in [3.05, 3.63) is 22.8 Å². The largest absolute Gasteiger partial charge is 0.496 e. The molecule has 5 heteroatoms. The van der Waals surface area contributed by atoms with Crippen molar-refractivity contribution in [2.45, 2.75) is 19.9 Å². The molecular weight excluding hydrogens is 244 g/mol. The van der Waals surface area contributed by atoms with Crippen LogP contribution in [0.15, 0.2) is 6.07 Å². The molecule has 2 rings (SSSR count). The molecular formula is C14H20N2O3. The second kappa shape index (κ2) is 4.99. The van der Waals surface area contributed by atoms with E-state index in [4.69, 9.17) is 9.47 Å². The number of urea groups is 1. The number of carbonyl (C=O) groups is 1. The van der Waals surface area contributed by atoms with E-state index in [0.717, 1.165) is 28.2 Å². The summed E-state index contributed by atoms with van der Waals surface area (Å²) in [7, 11) is 5.09. The van der Waals surface area contributed by atoms with Gasteiger partial charge in [-0.05, 0) is 31.0 Å². The Kier molecular flexibility index (Phi) is 3.55. The number of nitrogens with one attached hydrogen (secondary N) is 1. The molecule has 0 aliphatic carbocycles. The second-order valence-corrected chi connectivity index (χ2v) is 4.76. The SMILES string of the molecule is COc1cc(C2CNC(=O)N2C)c(OC)c(C)c1C. The third-order valence-electron chi connectivity index (χ3n) is 3.84. The third-order valence-corrected chi connectivity index (χ3v) is 3.84. The molecule has 0 saturated carbocycles. The molecule has 19 heavy (non-hydrogen) atoms. The highest BCUT2D eigenvalue weighted by atomic mass is 16.5. The molecule has 1 N–H and O–H groups in total. The van der Waals surface area contributed by atoms with Gasteiger partial charge in [0.2, 0.25) is 0 Å². The fourth-order valence-electron chi connectivity index (χ4n) is 2.52. The molecule has 1 aliphatic rings. The molecule has 1 saturated heterocycles. The highest BCUT2D eigenvalue weighted by Crippen LogP contribution is 2.39. The van der Waals surface area contributed by atoms with E-state index in [1.807, 2.05) is 19.9 Å². The Morgan fingerprint density at radius 3 is 2.42 bits per heavy atom. The van der Waals surface area contributed by atoms with Gasteiger partial charge in [-0.25, -0.2) is 4.79 Å². The average Bonchev–Trinajstić information content (AvgIpc) is 2.73. The molecule has 1 unspecified atom stereocenters. The summed E-state index contributed by atoms with van der Waals surface area (Å²) in [6.45, 7) is 4.59. The summed E-state index contributed by atoms with van der Waals surface area (Å²) in [5.74, 6) is 1.65. The zero-order valence-corrected chi connectivity index (χ0v) is 12.0. The predicted molar refractivity (Wildman–Crippen MR) is 72.9 cm³/mol. The number of ether oxygens (including phenoxy) is 2. The van der Waals surface area contributed by atoms with Gasteiger partial charge in [-0.3, -0.25) is 0 Å². The smallest absolute Gasteiger partial charge is 0.317 e. The minimum atomic E-state index is -0.0655. The monoisotopic (exact) mass is 264 g/mol. The van der Waals surface area contributed by atoms with Crippen LogP contribution in [0.25, 0.3) is 0 Å². The standard InChI is InChI=1S/C14H20N2O3/c1-8-9(2)13(19-5)10(6-12(8)18-4)11-7-15-14(17)16(11)3/h6,11H,7H2,1-5H3,(H,15,17). The van der Waals surface area contributed by atoms with E-state index in [1.165, 1.54) is 0 Å². The number of nitrogens with zero attached hydrogens (tertiary/aromatic N) is 1. The van der Waals surface area contributed by atoms with Crippen LogP contribution in [0.2, 0.25) is 0 Å². The van der Waals surface area contributed by atoms with Crippen molar-refractivity contribution in [3.8, 4) is 11.5 Å². The molecule has 2 amide bonds. The van der Waals surface area contributed by atoms with Crippen molar-refractivity contribution < 1.29 is 14.3 Å². The van der Waals surface area contributed by atoms with Crippen LogP contribution in [0, 0.1) is 13.8 Å². The lowest BCUT2D eigenvalue weighted by Crippen LogP contribution is -2.25. The molecule has 1 fully saturated rings. The molecule has 1 aromatic carbocycles. The van der Waals surface area contributed by atoms with Crippen molar-refractivity contribution >= 4 is 6.03 Å². The van der Waals surface area contributed by atoms with E-state index in [-0.39, 0.29) is 12.1 Å². The van der Waals surface area contributed by atoms with Gasteiger partial charge in [-0.15, -0.1) is 0 Å². The van der Waals surface area contributed by atoms with Crippen LogP contribution in [-0.2, 0) is 0 Å². The molecule has 5 nitrogen and oxygen atoms in total. The first-order chi connectivity index (χ1) is 9.01. The Hall–Kier alpha value is -1.91. The number of rotatable bonds is 3. The summed E-state index contributed by atoms with van der Waals surface area (Å²) >= 11 is 0. The Morgan fingerprint density at radius 1 is 1.26 bits per heavy atom. The first-order valence-electron chi connectivity index (χ1n) is 6.24. The van der Waals surface area contributed by atoms with Crippen LogP contribution in [-0.4, -0.2) is 38.7 Å². The average molecular weight is 264 g/mol. The van der Waals surface area contributed by atoms with Gasteiger partial charge in [-0.2, -0.15) is 0 Å². The summed E-state index contributed by atoms with van der Waals surface area (Å²) in [6, 6.07) is 1.86. The highest BCUT2D eigenvalue weighted by molar-refractivity contribution is 5.77. The zero-order valence-electron chi connectivity index (χ0n) is 12.0. The molecule has 1 atom stereocenters. The van der Waals surface area contributed by atoms with Gasteiger partial charge >= 0.3 is 6.03 Å². The van der Waals surface area contributed by atoms with E-state index in [2.05, 4.69) is 5.32 Å². The van der Waals surface area contributed by atoms with E-state index in [9.17, 15) is 4.79 Å². The zero-order chi connectivity index (χ0) is 14.2. The quantitative estimate of drug-likeness (QED) is 0.908. The minimum absolute atomic E-state index is 0.0318. The van der Waals surface area contributed by atoms with E-state index < -0.39 is 0 Å². The predicted octanol–water partition coefficient (Wildman–Crippen LogP) is 2.02. The number of hydrogen-bond donors (Lipinski definition) is 1. The maximum absolute atomic E-state index is 11.6. The first kappa shape index (κ1) is 13.5. The lowest BCUT2D eigenvalue weighted by Gasteiger charge is -2.23. The van der Waals surface area contributed by atoms with Crippen molar-refractivity contribution in [2.75, 3.05) is 27.8 Å². The van der Waals surface area contributed by atoms with Crippen LogP contribution in [0.1, 0.15) is 22.7 Å². The van der Waals surface area contributed by atoms with Gasteiger partial charge in [0, 0.05) is 19.2 Å². The molecule has 0 spiro atoms. The lowest BCUT2D eigenvalue weighted by molar-refractivity contribution is 0.216. The lowest BCUT2D eigenvalue weighted by atomic mass is 9.98. The van der Waals surface area contributed by atoms with Gasteiger partial charge in [0.25, 0.3) is 0 Å². The fourth-order valence-corrected chi connectivity index (χ4v) is 2.52. The van der Waals surface area contributed by atoms with Gasteiger partial charge in [0.05, 0.1) is 20.3 Å². The number of carbonyl (C=O) groups excluding carboxylic acids is 1.